The summed E-state index contributed by atoms with van der Waals surface area (Å²) < 4.78 is 23.7. The molecule has 1 aromatic heterocycles. The first-order valence-corrected chi connectivity index (χ1v) is 12.0. The number of thiophene rings is 1. The van der Waals surface area contributed by atoms with Gasteiger partial charge >= 0.3 is 0 Å². The molecule has 0 fully saturated rings. The number of carbonyl (C=O) groups excluding carboxylic acids is 2. The number of sulfonamides is 1. The van der Waals surface area contributed by atoms with Crippen LogP contribution in [0, 0.1) is 6.92 Å². The molecule has 0 spiro atoms. The Labute approximate surface area is 174 Å². The molecule has 1 heterocycles. The van der Waals surface area contributed by atoms with Crippen molar-refractivity contribution >= 4 is 33.2 Å². The zero-order valence-corrected chi connectivity index (χ0v) is 18.0. The minimum atomic E-state index is -4.01. The van der Waals surface area contributed by atoms with E-state index in [1.807, 2.05) is 42.6 Å². The molecule has 0 saturated heterocycles. The molecule has 1 aliphatic rings. The van der Waals surface area contributed by atoms with Crippen LogP contribution in [0.3, 0.4) is 0 Å². The lowest BCUT2D eigenvalue weighted by molar-refractivity contribution is -0.121. The third-order valence-electron chi connectivity index (χ3n) is 5.15. The van der Waals surface area contributed by atoms with Gasteiger partial charge in [0.15, 0.2) is 5.25 Å². The maximum Gasteiger partial charge on any atom is 0.262 e. The molecule has 3 rings (SSSR count). The Morgan fingerprint density at radius 1 is 1.24 bits per heavy atom. The summed E-state index contributed by atoms with van der Waals surface area (Å²) in [6.45, 7) is 3.66. The minimum absolute atomic E-state index is 0.149. The summed E-state index contributed by atoms with van der Waals surface area (Å²) in [7, 11) is -4.01. The van der Waals surface area contributed by atoms with E-state index >= 15 is 0 Å². The summed E-state index contributed by atoms with van der Waals surface area (Å²) in [5.41, 5.74) is 2.81. The van der Waals surface area contributed by atoms with E-state index in [1.165, 1.54) is 11.3 Å². The molecule has 1 unspecified atom stereocenters. The molecule has 156 valence electrons. The summed E-state index contributed by atoms with van der Waals surface area (Å²) in [5.74, 6) is -0.839. The lowest BCUT2D eigenvalue weighted by Crippen LogP contribution is -2.50. The Balaban J connectivity index is 1.84. The van der Waals surface area contributed by atoms with Crippen molar-refractivity contribution in [2.24, 2.45) is 5.14 Å². The van der Waals surface area contributed by atoms with E-state index in [2.05, 4.69) is 10.6 Å². The van der Waals surface area contributed by atoms with Gasteiger partial charge in [0.1, 0.15) is 0 Å². The summed E-state index contributed by atoms with van der Waals surface area (Å²) in [6, 6.07) is 8.61. The van der Waals surface area contributed by atoms with Gasteiger partial charge in [-0.3, -0.25) is 9.59 Å². The topological polar surface area (TPSA) is 118 Å². The van der Waals surface area contributed by atoms with Gasteiger partial charge in [-0.2, -0.15) is 0 Å². The van der Waals surface area contributed by atoms with Crippen molar-refractivity contribution in [3.05, 3.63) is 57.3 Å². The molecule has 0 radical (unpaired) electrons. The normalized spacial score (nSPS) is 19.4. The second kappa shape index (κ2) is 8.64. The Hall–Kier alpha value is -2.23. The van der Waals surface area contributed by atoms with Crippen molar-refractivity contribution in [1.82, 2.24) is 10.6 Å². The lowest BCUT2D eigenvalue weighted by atomic mass is 10.1. The van der Waals surface area contributed by atoms with Crippen LogP contribution in [0.15, 0.2) is 35.7 Å². The van der Waals surface area contributed by atoms with Crippen LogP contribution < -0.4 is 15.8 Å². The first kappa shape index (κ1) is 21.5. The monoisotopic (exact) mass is 435 g/mol. The van der Waals surface area contributed by atoms with Gasteiger partial charge in [0, 0.05) is 0 Å². The number of nitrogens with two attached hydrogens (primary N) is 1. The molecule has 2 amide bonds. The van der Waals surface area contributed by atoms with Crippen LogP contribution in [0.25, 0.3) is 0 Å². The second-order valence-corrected chi connectivity index (χ2v) is 9.93. The molecule has 0 aliphatic heterocycles. The highest BCUT2D eigenvalue weighted by atomic mass is 32.2. The van der Waals surface area contributed by atoms with Gasteiger partial charge < -0.3 is 10.6 Å². The van der Waals surface area contributed by atoms with Crippen molar-refractivity contribution in [3.8, 4) is 0 Å². The lowest BCUT2D eigenvalue weighted by Gasteiger charge is -2.25. The number of benzene rings is 1. The van der Waals surface area contributed by atoms with Crippen molar-refractivity contribution in [2.45, 2.75) is 50.4 Å². The molecular weight excluding hydrogens is 410 g/mol. The first-order valence-electron chi connectivity index (χ1n) is 9.47. The Kier molecular flexibility index (Phi) is 6.40. The van der Waals surface area contributed by atoms with E-state index in [9.17, 15) is 18.0 Å². The highest BCUT2D eigenvalue weighted by Crippen LogP contribution is 2.32. The standard InChI is InChI=1S/C20H25N3O4S2/c1-3-6-16(29(21,26)27)19(24)22-15-11-13-7-4-5-8-14(13)17(15)23-20(25)18-12(2)9-10-28-18/h4-5,7-10,15-17H,3,6,11H2,1-2H3,(H,22,24)(H,23,25)(H2,21,26,27)/t15-,16?,17-/m1/s1. The van der Waals surface area contributed by atoms with Gasteiger partial charge in [-0.25, -0.2) is 13.6 Å². The zero-order chi connectivity index (χ0) is 21.2. The molecule has 2 aromatic rings. The third kappa shape index (κ3) is 4.68. The molecule has 4 N–H and O–H groups in total. The van der Waals surface area contributed by atoms with Gasteiger partial charge in [-0.05, 0) is 47.9 Å². The van der Waals surface area contributed by atoms with Gasteiger partial charge in [-0.1, -0.05) is 37.6 Å². The van der Waals surface area contributed by atoms with Crippen LogP contribution in [-0.4, -0.2) is 31.5 Å². The van der Waals surface area contributed by atoms with Gasteiger partial charge in [0.25, 0.3) is 5.91 Å². The van der Waals surface area contributed by atoms with Crippen molar-refractivity contribution < 1.29 is 18.0 Å². The SMILES string of the molecule is CCCC(C(=O)N[C@@H]1Cc2ccccc2[C@H]1NC(=O)c1sccc1C)S(N)(=O)=O. The third-order valence-corrected chi connectivity index (χ3v) is 7.41. The highest BCUT2D eigenvalue weighted by molar-refractivity contribution is 7.90. The number of carbonyl (C=O) groups is 2. The molecule has 0 saturated carbocycles. The average Bonchev–Trinajstić information content (AvgIpc) is 3.22. The average molecular weight is 436 g/mol. The number of rotatable bonds is 7. The maximum atomic E-state index is 12.8. The van der Waals surface area contributed by atoms with Gasteiger partial charge in [0.05, 0.1) is 17.0 Å². The maximum absolute atomic E-state index is 12.8. The molecule has 1 aromatic carbocycles. The van der Waals surface area contributed by atoms with E-state index < -0.39 is 33.3 Å². The van der Waals surface area contributed by atoms with Crippen molar-refractivity contribution in [1.29, 1.82) is 0 Å². The molecule has 0 bridgehead atoms. The van der Waals surface area contributed by atoms with Crippen molar-refractivity contribution in [3.63, 3.8) is 0 Å². The number of hydrogen-bond donors (Lipinski definition) is 3. The molecule has 29 heavy (non-hydrogen) atoms. The molecule has 7 nitrogen and oxygen atoms in total. The Morgan fingerprint density at radius 3 is 2.59 bits per heavy atom. The number of aryl methyl sites for hydroxylation is 1. The summed E-state index contributed by atoms with van der Waals surface area (Å²) in [4.78, 5) is 26.1. The first-order chi connectivity index (χ1) is 13.7. The van der Waals surface area contributed by atoms with Crippen LogP contribution >= 0.6 is 11.3 Å². The number of nitrogens with one attached hydrogen (secondary N) is 2. The quantitative estimate of drug-likeness (QED) is 0.616. The van der Waals surface area contributed by atoms with E-state index in [1.54, 1.807) is 6.92 Å². The van der Waals surface area contributed by atoms with Crippen LogP contribution in [0.4, 0.5) is 0 Å². The van der Waals surface area contributed by atoms with Gasteiger partial charge in [0.2, 0.25) is 15.9 Å². The van der Waals surface area contributed by atoms with E-state index in [4.69, 9.17) is 5.14 Å². The fourth-order valence-corrected chi connectivity index (χ4v) is 5.46. The van der Waals surface area contributed by atoms with Crippen molar-refractivity contribution in [2.75, 3.05) is 0 Å². The molecule has 1 aliphatic carbocycles. The van der Waals surface area contributed by atoms with E-state index in [0.29, 0.717) is 17.7 Å². The fourth-order valence-electron chi connectivity index (χ4n) is 3.70. The largest absolute Gasteiger partial charge is 0.349 e. The predicted octanol–water partition coefficient (Wildman–Crippen LogP) is 2.03. The minimum Gasteiger partial charge on any atom is -0.349 e. The summed E-state index contributed by atoms with van der Waals surface area (Å²) in [5, 5.41) is 11.7. The smallest absolute Gasteiger partial charge is 0.262 e. The second-order valence-electron chi connectivity index (χ2n) is 7.27. The molecule has 3 atom stereocenters. The van der Waals surface area contributed by atoms with Crippen LogP contribution in [-0.2, 0) is 21.2 Å². The number of primary sulfonamides is 1. The van der Waals surface area contributed by atoms with Crippen LogP contribution in [0.5, 0.6) is 0 Å². The summed E-state index contributed by atoms with van der Waals surface area (Å²) >= 11 is 1.36. The van der Waals surface area contributed by atoms with E-state index in [0.717, 1.165) is 16.7 Å². The molecule has 9 heteroatoms. The summed E-state index contributed by atoms with van der Waals surface area (Å²) in [6.07, 6.45) is 1.16. The number of hydrogen-bond acceptors (Lipinski definition) is 5. The number of fused-ring (bicyclic) bond motifs is 1. The van der Waals surface area contributed by atoms with E-state index in [-0.39, 0.29) is 12.3 Å². The highest BCUT2D eigenvalue weighted by Gasteiger charge is 2.38. The number of amides is 2. The Bertz CT molecular complexity index is 1020. The fraction of sp³-hybridized carbons (Fsp3) is 0.400. The predicted molar refractivity (Wildman–Crippen MR) is 113 cm³/mol. The van der Waals surface area contributed by atoms with Crippen LogP contribution in [0.2, 0.25) is 0 Å². The zero-order valence-electron chi connectivity index (χ0n) is 16.3. The molecular formula is C20H25N3O4S2. The van der Waals surface area contributed by atoms with Crippen LogP contribution in [0.1, 0.15) is 52.2 Å². The Morgan fingerprint density at radius 2 is 1.97 bits per heavy atom. The van der Waals surface area contributed by atoms with Gasteiger partial charge in [-0.15, -0.1) is 11.3 Å².